The van der Waals surface area contributed by atoms with Gasteiger partial charge in [-0.3, -0.25) is 4.79 Å². The number of carbonyl (C=O) groups excluding carboxylic acids is 1. The van der Waals surface area contributed by atoms with Crippen LogP contribution in [0.5, 0.6) is 0 Å². The van der Waals surface area contributed by atoms with Crippen LogP contribution in [0, 0.1) is 0 Å². The van der Waals surface area contributed by atoms with Crippen LogP contribution >= 0.6 is 0 Å². The van der Waals surface area contributed by atoms with E-state index < -0.39 is 0 Å². The number of hydrogen-bond donors (Lipinski definition) is 1. The largest absolute Gasteiger partial charge is 0.369 e. The first-order valence-electron chi connectivity index (χ1n) is 9.59. The Balaban J connectivity index is 1.40. The Morgan fingerprint density at radius 1 is 1.04 bits per heavy atom. The molecular weight excluding hydrogens is 350 g/mol. The van der Waals surface area contributed by atoms with Crippen LogP contribution in [0.15, 0.2) is 67.3 Å². The predicted octanol–water partition coefficient (Wildman–Crippen LogP) is 2.55. The monoisotopic (exact) mass is 375 g/mol. The molecule has 6 heteroatoms. The van der Waals surface area contributed by atoms with Gasteiger partial charge in [-0.2, -0.15) is 0 Å². The highest BCUT2D eigenvalue weighted by molar-refractivity contribution is 5.94. The van der Waals surface area contributed by atoms with Crippen LogP contribution in [0.25, 0.3) is 5.69 Å². The summed E-state index contributed by atoms with van der Waals surface area (Å²) in [5.41, 5.74) is 3.92. The number of para-hydroxylation sites is 1. The molecule has 0 aliphatic carbocycles. The summed E-state index contributed by atoms with van der Waals surface area (Å²) < 4.78 is 1.95. The average molecular weight is 375 g/mol. The van der Waals surface area contributed by atoms with Crippen molar-refractivity contribution >= 4 is 11.6 Å². The third-order valence-corrected chi connectivity index (χ3v) is 5.21. The maximum absolute atomic E-state index is 12.6. The van der Waals surface area contributed by atoms with E-state index in [9.17, 15) is 4.79 Å². The van der Waals surface area contributed by atoms with Crippen molar-refractivity contribution in [1.82, 2.24) is 19.8 Å². The summed E-state index contributed by atoms with van der Waals surface area (Å²) in [5.74, 6) is -0.0645. The van der Waals surface area contributed by atoms with Gasteiger partial charge in [-0.1, -0.05) is 18.2 Å². The minimum atomic E-state index is -0.0645. The summed E-state index contributed by atoms with van der Waals surface area (Å²) in [6, 6.07) is 15.9. The van der Waals surface area contributed by atoms with Crippen molar-refractivity contribution in [3.63, 3.8) is 0 Å². The highest BCUT2D eigenvalue weighted by Crippen LogP contribution is 2.18. The Kier molecular flexibility index (Phi) is 5.39. The van der Waals surface area contributed by atoms with Crippen LogP contribution in [0.2, 0.25) is 0 Å². The molecule has 6 nitrogen and oxygen atoms in total. The summed E-state index contributed by atoms with van der Waals surface area (Å²) in [7, 11) is 2.15. The van der Waals surface area contributed by atoms with Gasteiger partial charge >= 0.3 is 0 Å². The molecule has 0 radical (unpaired) electrons. The van der Waals surface area contributed by atoms with Crippen molar-refractivity contribution in [3.05, 3.63) is 78.4 Å². The molecule has 2 heterocycles. The predicted molar refractivity (Wildman–Crippen MR) is 111 cm³/mol. The molecule has 1 saturated heterocycles. The van der Waals surface area contributed by atoms with Crippen LogP contribution in [0.4, 0.5) is 5.69 Å². The second-order valence-corrected chi connectivity index (χ2v) is 7.12. The number of carbonyl (C=O) groups is 1. The van der Waals surface area contributed by atoms with Gasteiger partial charge in [0.1, 0.15) is 0 Å². The number of amides is 1. The van der Waals surface area contributed by atoms with E-state index in [1.54, 1.807) is 12.5 Å². The number of rotatable bonds is 5. The summed E-state index contributed by atoms with van der Waals surface area (Å²) in [6.07, 6.45) is 5.41. The van der Waals surface area contributed by atoms with Gasteiger partial charge in [-0.25, -0.2) is 4.98 Å². The molecule has 1 aliphatic heterocycles. The number of piperazine rings is 1. The molecule has 144 valence electrons. The van der Waals surface area contributed by atoms with Gasteiger partial charge in [-0.15, -0.1) is 0 Å². The second kappa shape index (κ2) is 8.27. The molecule has 0 saturated carbocycles. The molecule has 2 aromatic carbocycles. The minimum Gasteiger partial charge on any atom is -0.369 e. The molecule has 1 amide bonds. The van der Waals surface area contributed by atoms with E-state index in [1.165, 1.54) is 5.69 Å². The summed E-state index contributed by atoms with van der Waals surface area (Å²) >= 11 is 0. The lowest BCUT2D eigenvalue weighted by atomic mass is 10.1. The lowest BCUT2D eigenvalue weighted by Gasteiger charge is -2.34. The molecular formula is C22H25N5O. The van der Waals surface area contributed by atoms with Crippen molar-refractivity contribution in [3.8, 4) is 5.69 Å². The van der Waals surface area contributed by atoms with E-state index in [0.29, 0.717) is 12.1 Å². The lowest BCUT2D eigenvalue weighted by Crippen LogP contribution is -2.44. The number of benzene rings is 2. The smallest absolute Gasteiger partial charge is 0.251 e. The summed E-state index contributed by atoms with van der Waals surface area (Å²) in [4.78, 5) is 21.4. The molecule has 1 aliphatic rings. The fourth-order valence-corrected chi connectivity index (χ4v) is 3.48. The van der Waals surface area contributed by atoms with Gasteiger partial charge in [0.25, 0.3) is 5.91 Å². The number of anilines is 1. The van der Waals surface area contributed by atoms with E-state index in [2.05, 4.69) is 27.1 Å². The zero-order valence-corrected chi connectivity index (χ0v) is 16.1. The third-order valence-electron chi connectivity index (χ3n) is 5.21. The number of imidazole rings is 1. The Hall–Kier alpha value is -3.12. The maximum Gasteiger partial charge on any atom is 0.251 e. The first-order chi connectivity index (χ1) is 13.7. The molecule has 1 N–H and O–H groups in total. The van der Waals surface area contributed by atoms with E-state index in [1.807, 2.05) is 59.3 Å². The van der Waals surface area contributed by atoms with Crippen molar-refractivity contribution < 1.29 is 4.79 Å². The van der Waals surface area contributed by atoms with E-state index >= 15 is 0 Å². The van der Waals surface area contributed by atoms with Crippen molar-refractivity contribution in [2.75, 3.05) is 38.1 Å². The topological polar surface area (TPSA) is 53.4 Å². The Labute approximate surface area is 165 Å². The quantitative estimate of drug-likeness (QED) is 0.745. The number of nitrogens with one attached hydrogen (secondary N) is 1. The number of nitrogens with zero attached hydrogens (tertiary/aromatic N) is 4. The molecule has 0 bridgehead atoms. The van der Waals surface area contributed by atoms with E-state index in [4.69, 9.17) is 0 Å². The fourth-order valence-electron chi connectivity index (χ4n) is 3.48. The summed E-state index contributed by atoms with van der Waals surface area (Å²) in [5, 5.41) is 3.03. The molecule has 1 aromatic heterocycles. The average Bonchev–Trinajstić information content (AvgIpc) is 3.28. The first-order valence-corrected chi connectivity index (χ1v) is 9.59. The number of aromatic nitrogens is 2. The number of hydrogen-bond acceptors (Lipinski definition) is 4. The van der Waals surface area contributed by atoms with Crippen LogP contribution in [0.3, 0.4) is 0 Å². The second-order valence-electron chi connectivity index (χ2n) is 7.12. The molecule has 0 spiro atoms. The van der Waals surface area contributed by atoms with Crippen LogP contribution in [0.1, 0.15) is 15.9 Å². The molecule has 4 rings (SSSR count). The third kappa shape index (κ3) is 4.07. The molecule has 1 fully saturated rings. The Morgan fingerprint density at radius 2 is 1.79 bits per heavy atom. The number of likely N-dealkylation sites (N-methyl/N-ethyl adjacent to an activating group) is 1. The molecule has 0 atom stereocenters. The van der Waals surface area contributed by atoms with Gasteiger partial charge in [0.15, 0.2) is 0 Å². The van der Waals surface area contributed by atoms with Gasteiger partial charge in [0, 0.05) is 56.4 Å². The summed E-state index contributed by atoms with van der Waals surface area (Å²) in [6.45, 7) is 4.64. The zero-order valence-electron chi connectivity index (χ0n) is 16.1. The first kappa shape index (κ1) is 18.3. The van der Waals surface area contributed by atoms with Crippen molar-refractivity contribution in [1.29, 1.82) is 0 Å². The van der Waals surface area contributed by atoms with Crippen molar-refractivity contribution in [2.45, 2.75) is 6.54 Å². The van der Waals surface area contributed by atoms with Gasteiger partial charge in [0.2, 0.25) is 0 Å². The Morgan fingerprint density at radius 3 is 2.50 bits per heavy atom. The fraction of sp³-hybridized carbons (Fsp3) is 0.273. The van der Waals surface area contributed by atoms with Gasteiger partial charge in [0.05, 0.1) is 12.0 Å². The highest BCUT2D eigenvalue weighted by atomic mass is 16.1. The standard InChI is InChI=1S/C22H25N5O/c1-25-12-14-26(15-13-25)20-8-6-18(7-9-20)22(28)24-16-19-4-2-3-5-21(19)27-11-10-23-17-27/h2-11,17H,12-16H2,1H3,(H,24,28). The van der Waals surface area contributed by atoms with Gasteiger partial charge < -0.3 is 19.7 Å². The van der Waals surface area contributed by atoms with Crippen LogP contribution in [-0.4, -0.2) is 53.6 Å². The van der Waals surface area contributed by atoms with Crippen LogP contribution in [-0.2, 0) is 6.54 Å². The van der Waals surface area contributed by atoms with E-state index in [-0.39, 0.29) is 5.91 Å². The minimum absolute atomic E-state index is 0.0645. The lowest BCUT2D eigenvalue weighted by molar-refractivity contribution is 0.0951. The van der Waals surface area contributed by atoms with Crippen molar-refractivity contribution in [2.24, 2.45) is 0 Å². The van der Waals surface area contributed by atoms with E-state index in [0.717, 1.165) is 37.4 Å². The maximum atomic E-state index is 12.6. The molecule has 0 unspecified atom stereocenters. The van der Waals surface area contributed by atoms with Gasteiger partial charge in [-0.05, 0) is 42.9 Å². The molecule has 28 heavy (non-hydrogen) atoms. The highest BCUT2D eigenvalue weighted by Gasteiger charge is 2.15. The SMILES string of the molecule is CN1CCN(c2ccc(C(=O)NCc3ccccc3-n3ccnc3)cc2)CC1. The Bertz CT molecular complexity index is 912. The zero-order chi connectivity index (χ0) is 19.3. The normalized spacial score (nSPS) is 14.8. The molecule has 3 aromatic rings. The van der Waals surface area contributed by atoms with Crippen LogP contribution < -0.4 is 10.2 Å².